The fourth-order valence-corrected chi connectivity index (χ4v) is 4.68. The maximum atomic E-state index is 13.1. The minimum Gasteiger partial charge on any atom is -0.322 e. The van der Waals surface area contributed by atoms with Gasteiger partial charge in [0, 0.05) is 15.7 Å². The maximum absolute atomic E-state index is 13.1. The van der Waals surface area contributed by atoms with E-state index in [1.165, 1.54) is 40.9 Å². The summed E-state index contributed by atoms with van der Waals surface area (Å²) in [4.78, 5) is 27.5. The van der Waals surface area contributed by atoms with Crippen LogP contribution in [-0.2, 0) is 4.79 Å². The third-order valence-corrected chi connectivity index (χ3v) is 6.20. The first kappa shape index (κ1) is 21.4. The van der Waals surface area contributed by atoms with Gasteiger partial charge < -0.3 is 5.32 Å². The molecule has 3 aromatic carbocycles. The molecule has 1 heterocycles. The highest BCUT2D eigenvalue weighted by molar-refractivity contribution is 9.10. The molecule has 4 rings (SSSR count). The molecule has 4 nitrogen and oxygen atoms in total. The zero-order valence-electron chi connectivity index (χ0n) is 15.8. The molecule has 8 heteroatoms. The minimum absolute atomic E-state index is 0.244. The predicted molar refractivity (Wildman–Crippen MR) is 131 cm³/mol. The third kappa shape index (κ3) is 4.92. The second-order valence-electron chi connectivity index (χ2n) is 6.58. The van der Waals surface area contributed by atoms with E-state index in [0.717, 1.165) is 10.0 Å². The third-order valence-electron chi connectivity index (χ3n) is 4.41. The number of anilines is 2. The van der Waals surface area contributed by atoms with Gasteiger partial charge in [0.1, 0.15) is 5.82 Å². The Bertz CT molecular complexity index is 1230. The molecule has 31 heavy (non-hydrogen) atoms. The van der Waals surface area contributed by atoms with Crippen LogP contribution in [0.25, 0.3) is 6.08 Å². The van der Waals surface area contributed by atoms with Crippen molar-refractivity contribution < 1.29 is 14.0 Å². The van der Waals surface area contributed by atoms with Crippen LogP contribution in [0, 0.1) is 5.82 Å². The lowest BCUT2D eigenvalue weighted by atomic mass is 10.1. The molecule has 3 aromatic rings. The van der Waals surface area contributed by atoms with E-state index in [9.17, 15) is 14.0 Å². The Morgan fingerprint density at radius 1 is 1.06 bits per heavy atom. The van der Waals surface area contributed by atoms with Crippen LogP contribution in [-0.4, -0.2) is 16.1 Å². The first-order valence-corrected chi connectivity index (χ1v) is 11.1. The average molecular weight is 513 g/mol. The molecule has 0 spiro atoms. The van der Waals surface area contributed by atoms with Gasteiger partial charge in [0.25, 0.3) is 11.8 Å². The Morgan fingerprint density at radius 3 is 2.55 bits per heavy atom. The van der Waals surface area contributed by atoms with Crippen molar-refractivity contribution >= 4 is 73.5 Å². The van der Waals surface area contributed by atoms with Crippen molar-refractivity contribution in [2.24, 2.45) is 0 Å². The van der Waals surface area contributed by atoms with Crippen LogP contribution >= 0.6 is 39.9 Å². The van der Waals surface area contributed by atoms with Gasteiger partial charge in [0.15, 0.2) is 4.32 Å². The molecule has 0 saturated carbocycles. The first-order valence-electron chi connectivity index (χ1n) is 9.11. The molecule has 1 saturated heterocycles. The van der Waals surface area contributed by atoms with Crippen LogP contribution in [0.1, 0.15) is 15.9 Å². The average Bonchev–Trinajstić information content (AvgIpc) is 3.02. The van der Waals surface area contributed by atoms with Crippen LogP contribution in [0.15, 0.2) is 82.2 Å². The molecule has 1 aliphatic heterocycles. The van der Waals surface area contributed by atoms with Crippen molar-refractivity contribution in [1.29, 1.82) is 0 Å². The second kappa shape index (κ2) is 9.13. The number of thioether (sulfide) groups is 1. The molecule has 154 valence electrons. The van der Waals surface area contributed by atoms with E-state index >= 15 is 0 Å². The number of benzene rings is 3. The molecule has 1 aliphatic rings. The fourth-order valence-electron chi connectivity index (χ4n) is 2.96. The van der Waals surface area contributed by atoms with Gasteiger partial charge in [-0.1, -0.05) is 58.1 Å². The number of rotatable bonds is 4. The molecule has 2 amide bonds. The largest absolute Gasteiger partial charge is 0.322 e. The Hall–Kier alpha value is -2.81. The van der Waals surface area contributed by atoms with Crippen LogP contribution in [0.3, 0.4) is 0 Å². The predicted octanol–water partition coefficient (Wildman–Crippen LogP) is 6.25. The highest BCUT2D eigenvalue weighted by Gasteiger charge is 2.33. The number of carbonyl (C=O) groups is 2. The Kier molecular flexibility index (Phi) is 6.31. The van der Waals surface area contributed by atoms with Gasteiger partial charge >= 0.3 is 0 Å². The summed E-state index contributed by atoms with van der Waals surface area (Å²) in [6, 6.07) is 19.7. The summed E-state index contributed by atoms with van der Waals surface area (Å²) in [5.41, 5.74) is 2.21. The maximum Gasteiger partial charge on any atom is 0.270 e. The number of nitrogens with one attached hydrogen (secondary N) is 1. The summed E-state index contributed by atoms with van der Waals surface area (Å²) >= 11 is 10.1. The topological polar surface area (TPSA) is 49.4 Å². The molecule has 0 radical (unpaired) electrons. The number of hydrogen-bond donors (Lipinski definition) is 1. The zero-order valence-corrected chi connectivity index (χ0v) is 19.1. The van der Waals surface area contributed by atoms with Crippen molar-refractivity contribution in [1.82, 2.24) is 0 Å². The van der Waals surface area contributed by atoms with E-state index in [0.29, 0.717) is 26.2 Å². The van der Waals surface area contributed by atoms with Crippen LogP contribution in [0.4, 0.5) is 15.8 Å². The molecular weight excluding hydrogens is 499 g/mol. The lowest BCUT2D eigenvalue weighted by Crippen LogP contribution is -2.27. The first-order chi connectivity index (χ1) is 14.9. The summed E-state index contributed by atoms with van der Waals surface area (Å²) in [5, 5.41) is 2.71. The Morgan fingerprint density at radius 2 is 1.81 bits per heavy atom. The highest BCUT2D eigenvalue weighted by atomic mass is 79.9. The summed E-state index contributed by atoms with van der Waals surface area (Å²) in [7, 11) is 0. The number of amides is 2. The normalized spacial score (nSPS) is 14.9. The second-order valence-corrected chi connectivity index (χ2v) is 9.17. The zero-order chi connectivity index (χ0) is 22.0. The smallest absolute Gasteiger partial charge is 0.270 e. The summed E-state index contributed by atoms with van der Waals surface area (Å²) in [6.07, 6.45) is 1.79. The molecule has 1 N–H and O–H groups in total. The van der Waals surface area contributed by atoms with E-state index in [-0.39, 0.29) is 17.6 Å². The van der Waals surface area contributed by atoms with Gasteiger partial charge in [-0.3, -0.25) is 14.5 Å². The Balaban J connectivity index is 1.57. The summed E-state index contributed by atoms with van der Waals surface area (Å²) in [6.45, 7) is 0. The lowest BCUT2D eigenvalue weighted by molar-refractivity contribution is -0.113. The standard InChI is InChI=1S/C23H14BrFN2O2S2/c24-16-5-1-3-14(11-16)12-20-22(29)27(23(30)31-20)19-6-2-4-15(13-19)21(28)26-18-9-7-17(25)8-10-18/h1-13H,(H,26,28)/b20-12+. The molecule has 0 aliphatic carbocycles. The minimum atomic E-state index is -0.384. The SMILES string of the molecule is O=C(Nc1ccc(F)cc1)c1cccc(N2C(=O)/C(=C\c3cccc(Br)c3)SC2=S)c1. The number of carbonyl (C=O) groups excluding carboxylic acids is 2. The van der Waals surface area contributed by atoms with Crippen molar-refractivity contribution in [3.63, 3.8) is 0 Å². The summed E-state index contributed by atoms with van der Waals surface area (Å²) in [5.74, 6) is -1.00. The molecule has 0 bridgehead atoms. The quantitative estimate of drug-likeness (QED) is 0.331. The van der Waals surface area contributed by atoms with Gasteiger partial charge in [-0.15, -0.1) is 0 Å². The molecular formula is C23H14BrFN2O2S2. The molecule has 1 fully saturated rings. The molecule has 0 atom stereocenters. The number of hydrogen-bond acceptors (Lipinski definition) is 4. The van der Waals surface area contributed by atoms with E-state index < -0.39 is 0 Å². The van der Waals surface area contributed by atoms with Crippen LogP contribution < -0.4 is 10.2 Å². The monoisotopic (exact) mass is 512 g/mol. The lowest BCUT2D eigenvalue weighted by Gasteiger charge is -2.15. The summed E-state index contributed by atoms with van der Waals surface area (Å²) < 4.78 is 14.4. The van der Waals surface area contributed by atoms with Crippen molar-refractivity contribution in [3.05, 3.63) is 99.1 Å². The van der Waals surface area contributed by atoms with Gasteiger partial charge in [-0.05, 0) is 66.2 Å². The van der Waals surface area contributed by atoms with E-state index in [1.54, 1.807) is 30.3 Å². The molecule has 0 aromatic heterocycles. The van der Waals surface area contributed by atoms with Gasteiger partial charge in [-0.2, -0.15) is 0 Å². The fraction of sp³-hybridized carbons (Fsp3) is 0. The van der Waals surface area contributed by atoms with E-state index in [4.69, 9.17) is 12.2 Å². The van der Waals surface area contributed by atoms with Crippen LogP contribution in [0.5, 0.6) is 0 Å². The van der Waals surface area contributed by atoms with Gasteiger partial charge in [0.05, 0.1) is 10.6 Å². The van der Waals surface area contributed by atoms with Crippen LogP contribution in [0.2, 0.25) is 0 Å². The van der Waals surface area contributed by atoms with E-state index in [1.807, 2.05) is 24.3 Å². The highest BCUT2D eigenvalue weighted by Crippen LogP contribution is 2.36. The number of thiocarbonyl (C=S) groups is 1. The van der Waals surface area contributed by atoms with Crippen molar-refractivity contribution in [2.45, 2.75) is 0 Å². The van der Waals surface area contributed by atoms with Crippen molar-refractivity contribution in [3.8, 4) is 0 Å². The van der Waals surface area contributed by atoms with E-state index in [2.05, 4.69) is 21.2 Å². The number of nitrogens with zero attached hydrogens (tertiary/aromatic N) is 1. The molecule has 0 unspecified atom stereocenters. The Labute approximate surface area is 196 Å². The number of halogens is 2. The van der Waals surface area contributed by atoms with Crippen molar-refractivity contribution in [2.75, 3.05) is 10.2 Å². The van der Waals surface area contributed by atoms with Gasteiger partial charge in [-0.25, -0.2) is 4.39 Å². The van der Waals surface area contributed by atoms with Gasteiger partial charge in [0.2, 0.25) is 0 Å².